The first kappa shape index (κ1) is 35.3. The third-order valence-corrected chi connectivity index (χ3v) is 7.95. The van der Waals surface area contributed by atoms with Crippen molar-refractivity contribution in [2.45, 2.75) is 29.9 Å². The predicted molar refractivity (Wildman–Crippen MR) is 165 cm³/mol. The lowest BCUT2D eigenvalue weighted by atomic mass is 10.1. The average molecular weight is 679 g/mol. The van der Waals surface area contributed by atoms with Gasteiger partial charge in [-0.25, -0.2) is 0 Å². The van der Waals surface area contributed by atoms with E-state index in [1.165, 1.54) is 4.90 Å². The van der Waals surface area contributed by atoms with Gasteiger partial charge in [0, 0.05) is 42.9 Å². The fraction of sp³-hybridized carbons (Fsp3) is 0.481. The number of nitrogens with one attached hydrogen (secondary N) is 4. The second-order valence-corrected chi connectivity index (χ2v) is 11.7. The zero-order chi connectivity index (χ0) is 33.8. The van der Waals surface area contributed by atoms with Gasteiger partial charge in [-0.05, 0) is 41.8 Å². The van der Waals surface area contributed by atoms with Gasteiger partial charge in [-0.2, -0.15) is 13.4 Å². The molecule has 2 aromatic heterocycles. The van der Waals surface area contributed by atoms with Crippen LogP contribution in [-0.2, 0) is 35.8 Å². The molecule has 1 aliphatic rings. The maximum absolute atomic E-state index is 13.2. The van der Waals surface area contributed by atoms with Gasteiger partial charge in [0.1, 0.15) is 11.7 Å². The highest BCUT2D eigenvalue weighted by atomic mass is 32.3. The summed E-state index contributed by atoms with van der Waals surface area (Å²) >= 11 is 0. The molecule has 1 aliphatic heterocycles. The van der Waals surface area contributed by atoms with Crippen molar-refractivity contribution in [3.63, 3.8) is 0 Å². The molecule has 3 heterocycles. The van der Waals surface area contributed by atoms with Crippen LogP contribution in [0.2, 0.25) is 0 Å². The van der Waals surface area contributed by atoms with E-state index in [4.69, 9.17) is 25.5 Å². The van der Waals surface area contributed by atoms with Crippen LogP contribution in [0.3, 0.4) is 0 Å². The molecule has 18 nitrogen and oxygen atoms in total. The topological polar surface area (TPSA) is 260 Å². The minimum atomic E-state index is -4.93. The first-order chi connectivity index (χ1) is 22.6. The standard InChI is InChI=1S/C27H35FN10O8S/c28-47(42,43)20-3-1-17(2-4-20)26(41)38-16-19(36-37-30)13-21(38)24(39)32-6-8-45-10-12-46-11-9-44-7-5-31-14-18-15-33-23-22(18)25(40)35-27(29)34-23/h1-4,15,19,21,31H,5-14,16H2,(H,32,39)(H4,29,33,34,35,40)/t19?,21-/m0/s1. The number of nitrogens with zero attached hydrogens (tertiary/aromatic N) is 5. The quantitative estimate of drug-likeness (QED) is 0.0403. The molecule has 1 aromatic carbocycles. The van der Waals surface area contributed by atoms with E-state index in [9.17, 15) is 26.7 Å². The third-order valence-electron chi connectivity index (χ3n) is 7.11. The van der Waals surface area contributed by atoms with Crippen molar-refractivity contribution in [1.29, 1.82) is 0 Å². The molecule has 3 aromatic rings. The van der Waals surface area contributed by atoms with Crippen LogP contribution in [0.1, 0.15) is 22.3 Å². The highest BCUT2D eigenvalue weighted by molar-refractivity contribution is 7.86. The molecule has 2 amide bonds. The fourth-order valence-electron chi connectivity index (χ4n) is 4.90. The molecular weight excluding hydrogens is 643 g/mol. The van der Waals surface area contributed by atoms with Gasteiger partial charge < -0.3 is 40.5 Å². The predicted octanol–water partition coefficient (Wildman–Crippen LogP) is 0.341. The summed E-state index contributed by atoms with van der Waals surface area (Å²) in [5, 5.41) is 9.98. The number of rotatable bonds is 18. The Kier molecular flexibility index (Phi) is 12.6. The Hall–Kier alpha value is -4.59. The van der Waals surface area contributed by atoms with Crippen LogP contribution in [0, 0.1) is 0 Å². The summed E-state index contributed by atoms with van der Waals surface area (Å²) in [4.78, 5) is 50.9. The van der Waals surface area contributed by atoms with E-state index in [0.717, 1.165) is 29.8 Å². The number of benzene rings is 1. The van der Waals surface area contributed by atoms with Crippen LogP contribution in [0.15, 0.2) is 45.3 Å². The molecule has 0 aliphatic carbocycles. The smallest absolute Gasteiger partial charge is 0.332 e. The second kappa shape index (κ2) is 16.8. The first-order valence-corrected chi connectivity index (χ1v) is 15.9. The second-order valence-electron chi connectivity index (χ2n) is 10.3. The minimum absolute atomic E-state index is 0.0142. The Morgan fingerprint density at radius 2 is 1.77 bits per heavy atom. The Morgan fingerprint density at radius 1 is 1.11 bits per heavy atom. The van der Waals surface area contributed by atoms with Crippen LogP contribution >= 0.6 is 0 Å². The number of amides is 2. The lowest BCUT2D eigenvalue weighted by molar-refractivity contribution is -0.125. The molecular formula is C27H35FN10O8S. The maximum Gasteiger partial charge on any atom is 0.332 e. The number of hydrogen-bond acceptors (Lipinski definition) is 12. The van der Waals surface area contributed by atoms with Gasteiger partial charge in [0.15, 0.2) is 0 Å². The van der Waals surface area contributed by atoms with Gasteiger partial charge in [-0.1, -0.05) is 5.11 Å². The van der Waals surface area contributed by atoms with Crippen molar-refractivity contribution in [3.8, 4) is 0 Å². The number of aromatic nitrogens is 3. The molecule has 4 rings (SSSR count). The number of azide groups is 1. The van der Waals surface area contributed by atoms with Gasteiger partial charge >= 0.3 is 10.2 Å². The number of carbonyl (C=O) groups is 2. The maximum atomic E-state index is 13.2. The Labute approximate surface area is 268 Å². The molecule has 20 heteroatoms. The third kappa shape index (κ3) is 9.95. The van der Waals surface area contributed by atoms with E-state index in [-0.39, 0.29) is 49.8 Å². The number of nitrogens with two attached hydrogens (primary N) is 1. The number of ether oxygens (including phenoxy) is 3. The Morgan fingerprint density at radius 3 is 2.43 bits per heavy atom. The molecule has 2 atom stereocenters. The number of fused-ring (bicyclic) bond motifs is 1. The molecule has 254 valence electrons. The SMILES string of the molecule is [N-]=[N+]=NC1C[C@@H](C(=O)NCCOCCOCCOCCNCc2c[nH]c3nc(N)[nH]c(=O)c23)N(C(=O)c2ccc(S(=O)(=O)F)cc2)C1. The normalized spacial score (nSPS) is 16.3. The molecule has 47 heavy (non-hydrogen) atoms. The van der Waals surface area contributed by atoms with Gasteiger partial charge in [0.25, 0.3) is 11.5 Å². The lowest BCUT2D eigenvalue weighted by Gasteiger charge is -2.24. The van der Waals surface area contributed by atoms with Gasteiger partial charge in [0.05, 0.1) is 56.0 Å². The fourth-order valence-corrected chi connectivity index (χ4v) is 5.36. The van der Waals surface area contributed by atoms with Crippen molar-refractivity contribution in [2.24, 2.45) is 5.11 Å². The number of nitrogen functional groups attached to an aromatic ring is 1. The Bertz CT molecular complexity index is 1740. The van der Waals surface area contributed by atoms with Crippen LogP contribution in [0.4, 0.5) is 9.83 Å². The van der Waals surface area contributed by atoms with Crippen molar-refractivity contribution in [3.05, 3.63) is 62.4 Å². The molecule has 1 saturated heterocycles. The number of likely N-dealkylation sites (tertiary alicyclic amines) is 1. The summed E-state index contributed by atoms with van der Waals surface area (Å²) in [6, 6.07) is 2.66. The minimum Gasteiger partial charge on any atom is -0.378 e. The Balaban J connectivity index is 1.06. The van der Waals surface area contributed by atoms with Crippen molar-refractivity contribution in [1.82, 2.24) is 30.5 Å². The van der Waals surface area contributed by atoms with E-state index < -0.39 is 39.0 Å². The largest absolute Gasteiger partial charge is 0.378 e. The van der Waals surface area contributed by atoms with Gasteiger partial charge in [-0.3, -0.25) is 19.4 Å². The van der Waals surface area contributed by atoms with Gasteiger partial charge in [0.2, 0.25) is 11.9 Å². The van der Waals surface area contributed by atoms with Crippen LogP contribution < -0.4 is 21.9 Å². The summed E-state index contributed by atoms with van der Waals surface area (Å²) < 4.78 is 51.8. The summed E-state index contributed by atoms with van der Waals surface area (Å²) in [6.45, 7) is 3.09. The molecule has 0 radical (unpaired) electrons. The summed E-state index contributed by atoms with van der Waals surface area (Å²) in [5.41, 5.74) is 15.3. The van der Waals surface area contributed by atoms with Gasteiger partial charge in [-0.15, -0.1) is 3.89 Å². The number of anilines is 1. The number of hydrogen-bond donors (Lipinski definition) is 5. The monoisotopic (exact) mass is 678 g/mol. The summed E-state index contributed by atoms with van der Waals surface area (Å²) in [5.74, 6) is -1.01. The summed E-state index contributed by atoms with van der Waals surface area (Å²) in [7, 11) is -4.93. The van der Waals surface area contributed by atoms with Crippen LogP contribution in [-0.4, -0.2) is 111 Å². The molecule has 1 unspecified atom stereocenters. The van der Waals surface area contributed by atoms with Crippen molar-refractivity contribution < 1.29 is 36.1 Å². The first-order valence-electron chi connectivity index (χ1n) is 14.6. The zero-order valence-electron chi connectivity index (χ0n) is 25.2. The van der Waals surface area contributed by atoms with Crippen molar-refractivity contribution in [2.75, 3.05) is 65.0 Å². The highest BCUT2D eigenvalue weighted by Gasteiger charge is 2.39. The average Bonchev–Trinajstić information content (AvgIpc) is 3.65. The molecule has 0 bridgehead atoms. The highest BCUT2D eigenvalue weighted by Crippen LogP contribution is 2.24. The van der Waals surface area contributed by atoms with E-state index in [1.807, 2.05) is 0 Å². The summed E-state index contributed by atoms with van der Waals surface area (Å²) in [6.07, 6.45) is 1.81. The molecule has 6 N–H and O–H groups in total. The van der Waals surface area contributed by atoms with Crippen molar-refractivity contribution >= 4 is 39.0 Å². The number of H-pyrrole nitrogens is 2. The number of aromatic amines is 2. The lowest BCUT2D eigenvalue weighted by Crippen LogP contribution is -2.46. The molecule has 0 spiro atoms. The zero-order valence-corrected chi connectivity index (χ0v) is 26.0. The van der Waals surface area contributed by atoms with Crippen LogP contribution in [0.25, 0.3) is 21.5 Å². The number of carbonyl (C=O) groups excluding carboxylic acids is 2. The van der Waals surface area contributed by atoms with E-state index in [2.05, 4.69) is 35.6 Å². The molecule has 0 saturated carbocycles. The van der Waals surface area contributed by atoms with E-state index >= 15 is 0 Å². The molecule has 1 fully saturated rings. The van der Waals surface area contributed by atoms with Crippen LogP contribution in [0.5, 0.6) is 0 Å². The van der Waals surface area contributed by atoms with E-state index in [1.54, 1.807) is 6.20 Å². The van der Waals surface area contributed by atoms with E-state index in [0.29, 0.717) is 50.6 Å². The number of halogens is 1.